The van der Waals surface area contributed by atoms with Crippen molar-refractivity contribution in [3.63, 3.8) is 0 Å². The molecule has 0 atom stereocenters. The molecule has 2 N–H and O–H groups in total. The van der Waals surface area contributed by atoms with Crippen LogP contribution in [0.1, 0.15) is 12.0 Å². The van der Waals surface area contributed by atoms with Crippen molar-refractivity contribution in [3.05, 3.63) is 58.6 Å². The van der Waals surface area contributed by atoms with Crippen molar-refractivity contribution in [1.82, 2.24) is 4.90 Å². The molecule has 2 aromatic rings. The maximum absolute atomic E-state index is 12.1. The van der Waals surface area contributed by atoms with Crippen molar-refractivity contribution < 1.29 is 9.59 Å². The molecule has 0 saturated heterocycles. The molecule has 0 aliphatic rings. The summed E-state index contributed by atoms with van der Waals surface area (Å²) in [5.41, 5.74) is 2.64. The van der Waals surface area contributed by atoms with Gasteiger partial charge in [-0.05, 0) is 48.4 Å². The summed E-state index contributed by atoms with van der Waals surface area (Å²) < 4.78 is 0.993. The average molecular weight is 404 g/mol. The number of benzene rings is 2. The molecule has 0 heterocycles. The van der Waals surface area contributed by atoms with Crippen LogP contribution in [0.25, 0.3) is 0 Å². The largest absolute Gasteiger partial charge is 0.376 e. The van der Waals surface area contributed by atoms with Crippen LogP contribution in [0.5, 0.6) is 0 Å². The van der Waals surface area contributed by atoms with Crippen LogP contribution in [0.15, 0.2) is 53.0 Å². The molecule has 2 rings (SSSR count). The Morgan fingerprint density at radius 2 is 1.76 bits per heavy atom. The van der Waals surface area contributed by atoms with Crippen molar-refractivity contribution in [2.75, 3.05) is 31.3 Å². The van der Waals surface area contributed by atoms with Gasteiger partial charge in [0.25, 0.3) is 0 Å². The van der Waals surface area contributed by atoms with E-state index in [0.29, 0.717) is 12.8 Å². The Morgan fingerprint density at radius 3 is 2.44 bits per heavy atom. The van der Waals surface area contributed by atoms with Gasteiger partial charge < -0.3 is 15.5 Å². The van der Waals surface area contributed by atoms with Gasteiger partial charge in [-0.1, -0.05) is 28.1 Å². The maximum atomic E-state index is 12.1. The molecule has 0 aromatic heterocycles. The van der Waals surface area contributed by atoms with Crippen molar-refractivity contribution in [2.45, 2.75) is 12.8 Å². The lowest BCUT2D eigenvalue weighted by atomic mass is 10.1. The molecule has 0 spiro atoms. The van der Waals surface area contributed by atoms with Crippen molar-refractivity contribution >= 4 is 39.1 Å². The molecule has 6 heteroatoms. The molecule has 25 heavy (non-hydrogen) atoms. The molecule has 0 aliphatic heterocycles. The summed E-state index contributed by atoms with van der Waals surface area (Å²) in [6, 6.07) is 15.2. The highest BCUT2D eigenvalue weighted by atomic mass is 79.9. The number of nitrogens with one attached hydrogen (secondary N) is 2. The molecule has 0 unspecified atom stereocenters. The lowest BCUT2D eigenvalue weighted by molar-refractivity contribution is -0.128. The highest BCUT2D eigenvalue weighted by molar-refractivity contribution is 9.10. The third kappa shape index (κ3) is 6.58. The molecule has 0 saturated carbocycles. The zero-order valence-corrected chi connectivity index (χ0v) is 16.0. The summed E-state index contributed by atoms with van der Waals surface area (Å²) in [5.74, 6) is -0.0300. The molecular weight excluding hydrogens is 382 g/mol. The van der Waals surface area contributed by atoms with Gasteiger partial charge >= 0.3 is 0 Å². The fourth-order valence-corrected chi connectivity index (χ4v) is 2.50. The topological polar surface area (TPSA) is 61.4 Å². The first kappa shape index (κ1) is 19.0. The van der Waals surface area contributed by atoms with Crippen molar-refractivity contribution in [1.29, 1.82) is 0 Å². The minimum absolute atomic E-state index is 0.0909. The second-order valence-corrected chi connectivity index (χ2v) is 6.81. The van der Waals surface area contributed by atoms with Crippen LogP contribution in [0.3, 0.4) is 0 Å². The zero-order valence-electron chi connectivity index (χ0n) is 14.4. The number of halogens is 1. The normalized spacial score (nSPS) is 10.2. The number of aryl methyl sites for hydroxylation is 1. The maximum Gasteiger partial charge on any atom is 0.243 e. The molecule has 5 nitrogen and oxygen atoms in total. The van der Waals surface area contributed by atoms with Crippen LogP contribution in [0.2, 0.25) is 0 Å². The summed E-state index contributed by atoms with van der Waals surface area (Å²) in [5, 5.41) is 5.94. The summed E-state index contributed by atoms with van der Waals surface area (Å²) >= 11 is 3.38. The summed E-state index contributed by atoms with van der Waals surface area (Å²) in [6.45, 7) is 0.185. The molecule has 0 fully saturated rings. The van der Waals surface area contributed by atoms with Crippen molar-refractivity contribution in [3.8, 4) is 0 Å². The van der Waals surface area contributed by atoms with Gasteiger partial charge in [-0.3, -0.25) is 9.59 Å². The quantitative estimate of drug-likeness (QED) is 0.743. The number of carbonyl (C=O) groups excluding carboxylic acids is 2. The molecule has 2 aromatic carbocycles. The molecular formula is C19H22BrN3O2. The third-order valence-electron chi connectivity index (χ3n) is 3.63. The molecule has 0 aliphatic carbocycles. The standard InChI is InChI=1S/C19H22BrN3O2/c1-23(2)19(25)11-6-14-4-3-5-17(12-14)22-18(24)13-21-16-9-7-15(20)8-10-16/h3-5,7-10,12,21H,6,11,13H2,1-2H3,(H,22,24). The number of hydrogen-bond donors (Lipinski definition) is 2. The Balaban J connectivity index is 1.84. The third-order valence-corrected chi connectivity index (χ3v) is 4.16. The summed E-state index contributed by atoms with van der Waals surface area (Å²) in [6.07, 6.45) is 1.10. The number of carbonyl (C=O) groups is 2. The average Bonchev–Trinajstić information content (AvgIpc) is 2.59. The zero-order chi connectivity index (χ0) is 18.2. The van der Waals surface area contributed by atoms with Gasteiger partial charge in [0.15, 0.2) is 0 Å². The second-order valence-electron chi connectivity index (χ2n) is 5.90. The lowest BCUT2D eigenvalue weighted by Crippen LogP contribution is -2.22. The van der Waals surface area contributed by atoms with Crippen LogP contribution < -0.4 is 10.6 Å². The van der Waals surface area contributed by atoms with Gasteiger partial charge in [0, 0.05) is 36.4 Å². The number of nitrogens with zero attached hydrogens (tertiary/aromatic N) is 1. The smallest absolute Gasteiger partial charge is 0.243 e. The first-order valence-electron chi connectivity index (χ1n) is 8.02. The van der Waals surface area contributed by atoms with Crippen LogP contribution >= 0.6 is 15.9 Å². The summed E-state index contributed by atoms with van der Waals surface area (Å²) in [7, 11) is 3.49. The van der Waals surface area contributed by atoms with Gasteiger partial charge in [0.05, 0.1) is 6.54 Å². The van der Waals surface area contributed by atoms with E-state index < -0.39 is 0 Å². The molecule has 0 radical (unpaired) electrons. The number of anilines is 2. The van der Waals surface area contributed by atoms with E-state index in [2.05, 4.69) is 26.6 Å². The van der Waals surface area contributed by atoms with Gasteiger partial charge in [-0.2, -0.15) is 0 Å². The van der Waals surface area contributed by atoms with Crippen LogP contribution in [0, 0.1) is 0 Å². The van der Waals surface area contributed by atoms with Gasteiger partial charge in [-0.25, -0.2) is 0 Å². The SMILES string of the molecule is CN(C)C(=O)CCc1cccc(NC(=O)CNc2ccc(Br)cc2)c1. The number of amides is 2. The Bertz CT molecular complexity index is 730. The van der Waals surface area contributed by atoms with Crippen molar-refractivity contribution in [2.24, 2.45) is 0 Å². The Morgan fingerprint density at radius 1 is 1.04 bits per heavy atom. The number of hydrogen-bond acceptors (Lipinski definition) is 3. The molecule has 132 valence electrons. The second kappa shape index (κ2) is 9.22. The van der Waals surface area contributed by atoms with E-state index >= 15 is 0 Å². The van der Waals surface area contributed by atoms with Gasteiger partial charge in [-0.15, -0.1) is 0 Å². The number of rotatable bonds is 7. The fourth-order valence-electron chi connectivity index (χ4n) is 2.23. The highest BCUT2D eigenvalue weighted by Gasteiger charge is 2.06. The monoisotopic (exact) mass is 403 g/mol. The van der Waals surface area contributed by atoms with E-state index in [0.717, 1.165) is 21.4 Å². The van der Waals surface area contributed by atoms with E-state index in [1.54, 1.807) is 19.0 Å². The van der Waals surface area contributed by atoms with E-state index in [-0.39, 0.29) is 18.4 Å². The van der Waals surface area contributed by atoms with Gasteiger partial charge in [0.2, 0.25) is 11.8 Å². The van der Waals surface area contributed by atoms with E-state index in [1.807, 2.05) is 48.5 Å². The van der Waals surface area contributed by atoms with E-state index in [9.17, 15) is 9.59 Å². The Kier molecular flexibility index (Phi) is 7.01. The fraction of sp³-hybridized carbons (Fsp3) is 0.263. The minimum Gasteiger partial charge on any atom is -0.376 e. The molecule has 0 bridgehead atoms. The van der Waals surface area contributed by atoms with E-state index in [4.69, 9.17) is 0 Å². The Labute approximate surface area is 156 Å². The van der Waals surface area contributed by atoms with Gasteiger partial charge in [0.1, 0.15) is 0 Å². The predicted molar refractivity (Wildman–Crippen MR) is 105 cm³/mol. The minimum atomic E-state index is -0.121. The van der Waals surface area contributed by atoms with Crippen LogP contribution in [0.4, 0.5) is 11.4 Å². The van der Waals surface area contributed by atoms with Crippen LogP contribution in [-0.2, 0) is 16.0 Å². The first-order valence-corrected chi connectivity index (χ1v) is 8.82. The molecule has 2 amide bonds. The predicted octanol–water partition coefficient (Wildman–Crippen LogP) is 3.52. The lowest BCUT2D eigenvalue weighted by Gasteiger charge is -2.11. The van der Waals surface area contributed by atoms with E-state index in [1.165, 1.54) is 0 Å². The first-order chi connectivity index (χ1) is 11.9. The Hall–Kier alpha value is -2.34. The van der Waals surface area contributed by atoms with Crippen LogP contribution in [-0.4, -0.2) is 37.4 Å². The highest BCUT2D eigenvalue weighted by Crippen LogP contribution is 2.15. The summed E-state index contributed by atoms with van der Waals surface area (Å²) in [4.78, 5) is 25.3.